The van der Waals surface area contributed by atoms with Gasteiger partial charge in [0.1, 0.15) is 18.1 Å². The van der Waals surface area contributed by atoms with Crippen LogP contribution in [0.2, 0.25) is 0 Å². The van der Waals surface area contributed by atoms with Crippen LogP contribution in [0.4, 0.5) is 5.69 Å². The molecule has 0 fully saturated rings. The monoisotopic (exact) mass is 245 g/mol. The molecule has 0 amide bonds. The van der Waals surface area contributed by atoms with Crippen LogP contribution in [0.3, 0.4) is 0 Å². The Kier molecular flexibility index (Phi) is 4.14. The van der Waals surface area contributed by atoms with Gasteiger partial charge in [0.05, 0.1) is 0 Å². The highest BCUT2D eigenvalue weighted by molar-refractivity contribution is 7.85. The van der Waals surface area contributed by atoms with Crippen LogP contribution in [0.15, 0.2) is 18.2 Å². The van der Waals surface area contributed by atoms with Crippen LogP contribution in [0.25, 0.3) is 0 Å². The molecule has 0 saturated heterocycles. The molecule has 0 aliphatic rings. The lowest BCUT2D eigenvalue weighted by Gasteiger charge is -2.08. The van der Waals surface area contributed by atoms with E-state index in [1.165, 1.54) is 0 Å². The third kappa shape index (κ3) is 4.08. The van der Waals surface area contributed by atoms with Crippen LogP contribution < -0.4 is 10.5 Å². The van der Waals surface area contributed by atoms with E-state index in [1.54, 1.807) is 18.2 Å². The molecule has 1 aromatic rings. The maximum atomic E-state index is 10.5. The molecule has 0 spiro atoms. The van der Waals surface area contributed by atoms with E-state index in [9.17, 15) is 8.42 Å². The van der Waals surface area contributed by atoms with Crippen molar-refractivity contribution in [3.63, 3.8) is 0 Å². The van der Waals surface area contributed by atoms with Crippen molar-refractivity contribution in [2.24, 2.45) is 0 Å². The minimum atomic E-state index is -3.97. The summed E-state index contributed by atoms with van der Waals surface area (Å²) < 4.78 is 34.6. The second kappa shape index (κ2) is 5.18. The molecular formula is C10H15NO4S. The largest absolute Gasteiger partial charge is 0.492 e. The number of nitrogens with two attached hydrogens (primary N) is 1. The van der Waals surface area contributed by atoms with E-state index < -0.39 is 15.9 Å². The maximum Gasteiger partial charge on any atom is 0.268 e. The summed E-state index contributed by atoms with van der Waals surface area (Å²) in [5.74, 6) is 0.133. The summed E-state index contributed by atoms with van der Waals surface area (Å²) in [6, 6.07) is 5.14. The Hall–Kier alpha value is -1.27. The fourth-order valence-electron chi connectivity index (χ4n) is 1.24. The molecule has 90 valence electrons. The van der Waals surface area contributed by atoms with E-state index in [4.69, 9.17) is 15.0 Å². The van der Waals surface area contributed by atoms with Gasteiger partial charge in [0.15, 0.2) is 0 Å². The van der Waals surface area contributed by atoms with Gasteiger partial charge in [-0.25, -0.2) is 0 Å². The fraction of sp³-hybridized carbons (Fsp3) is 0.400. The number of benzene rings is 1. The van der Waals surface area contributed by atoms with Gasteiger partial charge in [-0.05, 0) is 30.2 Å². The molecule has 0 atom stereocenters. The number of nitrogen functional groups attached to an aromatic ring is 1. The van der Waals surface area contributed by atoms with Gasteiger partial charge in [0.2, 0.25) is 0 Å². The van der Waals surface area contributed by atoms with E-state index in [-0.39, 0.29) is 6.61 Å². The molecule has 6 heteroatoms. The van der Waals surface area contributed by atoms with Crippen molar-refractivity contribution in [1.29, 1.82) is 0 Å². The molecule has 3 N–H and O–H groups in total. The van der Waals surface area contributed by atoms with Gasteiger partial charge in [-0.15, -0.1) is 0 Å². The van der Waals surface area contributed by atoms with Gasteiger partial charge in [-0.2, -0.15) is 8.42 Å². The van der Waals surface area contributed by atoms with Gasteiger partial charge in [-0.3, -0.25) is 4.55 Å². The third-order valence-electron chi connectivity index (χ3n) is 2.11. The first-order chi connectivity index (χ1) is 7.42. The predicted molar refractivity (Wildman–Crippen MR) is 62.1 cm³/mol. The van der Waals surface area contributed by atoms with E-state index in [1.807, 2.05) is 6.92 Å². The Morgan fingerprint density at radius 2 is 2.12 bits per heavy atom. The second-order valence-electron chi connectivity index (χ2n) is 3.35. The lowest BCUT2D eigenvalue weighted by Crippen LogP contribution is -2.12. The lowest BCUT2D eigenvalue weighted by atomic mass is 10.1. The van der Waals surface area contributed by atoms with Crippen LogP contribution >= 0.6 is 0 Å². The van der Waals surface area contributed by atoms with Crippen molar-refractivity contribution in [3.05, 3.63) is 23.8 Å². The van der Waals surface area contributed by atoms with Gasteiger partial charge in [0.25, 0.3) is 10.1 Å². The van der Waals surface area contributed by atoms with Gasteiger partial charge < -0.3 is 10.5 Å². The quantitative estimate of drug-likeness (QED) is 0.599. The minimum absolute atomic E-state index is 0.0775. The van der Waals surface area contributed by atoms with Gasteiger partial charge in [0, 0.05) is 5.69 Å². The Balaban J connectivity index is 2.61. The summed E-state index contributed by atoms with van der Waals surface area (Å²) in [5, 5.41) is 0. The van der Waals surface area contributed by atoms with Gasteiger partial charge in [-0.1, -0.05) is 6.92 Å². The summed E-state index contributed by atoms with van der Waals surface area (Å²) in [4.78, 5) is 0. The summed E-state index contributed by atoms with van der Waals surface area (Å²) >= 11 is 0. The molecule has 1 rings (SSSR count). The number of rotatable bonds is 5. The Morgan fingerprint density at radius 3 is 2.69 bits per heavy atom. The molecule has 1 aromatic carbocycles. The number of hydrogen-bond acceptors (Lipinski definition) is 4. The first-order valence-electron chi connectivity index (χ1n) is 4.88. The van der Waals surface area contributed by atoms with Crippen molar-refractivity contribution in [2.45, 2.75) is 13.3 Å². The smallest absolute Gasteiger partial charge is 0.268 e. The molecule has 0 aliphatic heterocycles. The standard InChI is InChI=1S/C10H15NO4S/c1-2-8-7-9(3-4-10(8)11)15-5-6-16(12,13)14/h3-4,7H,2,5-6,11H2,1H3,(H,12,13,14). The molecule has 0 bridgehead atoms. The Bertz CT molecular complexity index is 456. The van der Waals surface area contributed by atoms with E-state index >= 15 is 0 Å². The molecule has 5 nitrogen and oxygen atoms in total. The number of anilines is 1. The molecule has 0 radical (unpaired) electrons. The number of ether oxygens (including phenoxy) is 1. The second-order valence-corrected chi connectivity index (χ2v) is 4.92. The predicted octanol–water partition coefficient (Wildman–Crippen LogP) is 1.10. The molecule has 16 heavy (non-hydrogen) atoms. The summed E-state index contributed by atoms with van der Waals surface area (Å²) in [6.45, 7) is 1.89. The number of aryl methyl sites for hydroxylation is 1. The van der Waals surface area contributed by atoms with Crippen LogP contribution in [0.1, 0.15) is 12.5 Å². The summed E-state index contributed by atoms with van der Waals surface area (Å²) in [5.41, 5.74) is 7.34. The molecule has 0 saturated carbocycles. The molecular weight excluding hydrogens is 230 g/mol. The fourth-order valence-corrected chi connectivity index (χ4v) is 1.54. The Morgan fingerprint density at radius 1 is 1.44 bits per heavy atom. The molecule has 0 aliphatic carbocycles. The minimum Gasteiger partial charge on any atom is -0.492 e. The number of hydrogen-bond donors (Lipinski definition) is 2. The van der Waals surface area contributed by atoms with Crippen molar-refractivity contribution >= 4 is 15.8 Å². The molecule has 0 aromatic heterocycles. The van der Waals surface area contributed by atoms with Crippen LogP contribution in [-0.4, -0.2) is 25.3 Å². The highest BCUT2D eigenvalue weighted by Crippen LogP contribution is 2.20. The van der Waals surface area contributed by atoms with Crippen LogP contribution in [0, 0.1) is 0 Å². The first-order valence-corrected chi connectivity index (χ1v) is 6.49. The summed E-state index contributed by atoms with van der Waals surface area (Å²) in [7, 11) is -3.97. The van der Waals surface area contributed by atoms with E-state index in [2.05, 4.69) is 0 Å². The highest BCUT2D eigenvalue weighted by atomic mass is 32.2. The Labute approximate surface area is 95.0 Å². The van der Waals surface area contributed by atoms with Crippen LogP contribution in [0.5, 0.6) is 5.75 Å². The lowest BCUT2D eigenvalue weighted by molar-refractivity contribution is 0.335. The van der Waals surface area contributed by atoms with E-state index in [0.717, 1.165) is 12.0 Å². The van der Waals surface area contributed by atoms with Crippen LogP contribution in [-0.2, 0) is 16.5 Å². The summed E-state index contributed by atoms with van der Waals surface area (Å²) in [6.07, 6.45) is 0.779. The average Bonchev–Trinajstić information content (AvgIpc) is 2.18. The normalized spacial score (nSPS) is 11.4. The average molecular weight is 245 g/mol. The molecule has 0 heterocycles. The SMILES string of the molecule is CCc1cc(OCCS(=O)(=O)O)ccc1N. The zero-order valence-electron chi connectivity index (χ0n) is 9.01. The van der Waals surface area contributed by atoms with E-state index in [0.29, 0.717) is 11.4 Å². The zero-order valence-corrected chi connectivity index (χ0v) is 9.83. The first kappa shape index (κ1) is 12.8. The third-order valence-corrected chi connectivity index (χ3v) is 2.79. The molecule has 0 unspecified atom stereocenters. The zero-order chi connectivity index (χ0) is 12.2. The van der Waals surface area contributed by atoms with Crippen molar-refractivity contribution in [2.75, 3.05) is 18.1 Å². The highest BCUT2D eigenvalue weighted by Gasteiger charge is 2.05. The topological polar surface area (TPSA) is 89.6 Å². The van der Waals surface area contributed by atoms with Crippen molar-refractivity contribution < 1.29 is 17.7 Å². The van der Waals surface area contributed by atoms with Gasteiger partial charge >= 0.3 is 0 Å². The maximum absolute atomic E-state index is 10.5. The van der Waals surface area contributed by atoms with Crippen molar-refractivity contribution in [1.82, 2.24) is 0 Å². The van der Waals surface area contributed by atoms with Crippen molar-refractivity contribution in [3.8, 4) is 5.75 Å².